The minimum absolute atomic E-state index is 0.474. The Morgan fingerprint density at radius 2 is 1.38 bits per heavy atom. The minimum atomic E-state index is -1.71. The van der Waals surface area contributed by atoms with E-state index in [1.165, 1.54) is 0 Å². The van der Waals surface area contributed by atoms with Gasteiger partial charge in [0.2, 0.25) is 6.29 Å². The van der Waals surface area contributed by atoms with Crippen molar-refractivity contribution in [3.05, 3.63) is 0 Å². The number of carbonyl (C=O) groups excluding carboxylic acids is 1. The fraction of sp³-hybridized carbons (Fsp3) is 0.941. The van der Waals surface area contributed by atoms with Crippen molar-refractivity contribution in [2.24, 2.45) is 5.92 Å². The van der Waals surface area contributed by atoms with Crippen molar-refractivity contribution < 1.29 is 59.5 Å². The first-order valence-electron chi connectivity index (χ1n) is 9.44. The molecule has 0 bridgehead atoms. The van der Waals surface area contributed by atoms with Gasteiger partial charge in [0.05, 0.1) is 19.1 Å². The maximum atomic E-state index is 12.0. The third kappa shape index (κ3) is 5.41. The molecule has 29 heavy (non-hydrogen) atoms. The second kappa shape index (κ2) is 10.4. The van der Waals surface area contributed by atoms with Gasteiger partial charge < -0.3 is 54.7 Å². The molecular formula is C17H30O12. The van der Waals surface area contributed by atoms with Crippen LogP contribution in [-0.2, 0) is 23.7 Å². The van der Waals surface area contributed by atoms with Gasteiger partial charge in [-0.05, 0) is 6.42 Å². The highest BCUT2D eigenvalue weighted by molar-refractivity contribution is 5.72. The number of rotatable bonds is 7. The van der Waals surface area contributed by atoms with Crippen LogP contribution in [-0.4, -0.2) is 116 Å². The highest BCUT2D eigenvalue weighted by Crippen LogP contribution is 2.26. The molecule has 11 atom stereocenters. The molecule has 0 spiro atoms. The first kappa shape index (κ1) is 24.3. The monoisotopic (exact) mass is 426 g/mol. The van der Waals surface area contributed by atoms with E-state index >= 15 is 0 Å². The third-order valence-corrected chi connectivity index (χ3v) is 5.19. The van der Waals surface area contributed by atoms with E-state index in [9.17, 15) is 40.5 Å². The van der Waals surface area contributed by atoms with Gasteiger partial charge in [-0.2, -0.15) is 0 Å². The molecule has 0 aromatic rings. The van der Waals surface area contributed by atoms with Crippen molar-refractivity contribution in [2.45, 2.75) is 81.7 Å². The molecule has 7 N–H and O–H groups in total. The van der Waals surface area contributed by atoms with Gasteiger partial charge in [0.1, 0.15) is 48.8 Å². The molecular weight excluding hydrogens is 396 g/mol. The van der Waals surface area contributed by atoms with Gasteiger partial charge in [-0.25, -0.2) is 0 Å². The van der Waals surface area contributed by atoms with Crippen molar-refractivity contribution in [2.75, 3.05) is 13.2 Å². The van der Waals surface area contributed by atoms with Crippen LogP contribution in [0.25, 0.3) is 0 Å². The highest BCUT2D eigenvalue weighted by Gasteiger charge is 2.48. The van der Waals surface area contributed by atoms with Crippen molar-refractivity contribution >= 4 is 5.97 Å². The number of esters is 1. The summed E-state index contributed by atoms with van der Waals surface area (Å²) in [6.07, 6.45) is -14.9. The number of aliphatic hydroxyl groups excluding tert-OH is 7. The smallest absolute Gasteiger partial charge is 0.311 e. The largest absolute Gasteiger partial charge is 0.433 e. The Balaban J connectivity index is 2.00. The first-order valence-corrected chi connectivity index (χ1v) is 9.44. The molecule has 0 unspecified atom stereocenters. The summed E-state index contributed by atoms with van der Waals surface area (Å²) in [6.45, 7) is 2.24. The van der Waals surface area contributed by atoms with E-state index in [0.29, 0.717) is 6.42 Å². The molecule has 170 valence electrons. The second-order valence-electron chi connectivity index (χ2n) is 7.29. The van der Waals surface area contributed by atoms with E-state index in [4.69, 9.17) is 18.9 Å². The molecule has 12 nitrogen and oxygen atoms in total. The zero-order valence-electron chi connectivity index (χ0n) is 16.1. The molecule has 2 heterocycles. The Labute approximate surface area is 167 Å². The topological polar surface area (TPSA) is 196 Å². The van der Waals surface area contributed by atoms with Crippen LogP contribution in [0.5, 0.6) is 0 Å². The van der Waals surface area contributed by atoms with E-state index in [1.54, 1.807) is 13.8 Å². The summed E-state index contributed by atoms with van der Waals surface area (Å²) < 4.78 is 20.9. The fourth-order valence-electron chi connectivity index (χ4n) is 2.94. The maximum absolute atomic E-state index is 12.0. The Kier molecular flexibility index (Phi) is 8.72. The summed E-state index contributed by atoms with van der Waals surface area (Å²) in [5, 5.41) is 68.8. The lowest BCUT2D eigenvalue weighted by atomic mass is 9.98. The van der Waals surface area contributed by atoms with Gasteiger partial charge in [0, 0.05) is 0 Å². The van der Waals surface area contributed by atoms with Gasteiger partial charge >= 0.3 is 5.97 Å². The van der Waals surface area contributed by atoms with Gasteiger partial charge in [-0.3, -0.25) is 4.79 Å². The van der Waals surface area contributed by atoms with Crippen LogP contribution in [0.1, 0.15) is 20.3 Å². The van der Waals surface area contributed by atoms with Gasteiger partial charge in [0.25, 0.3) is 0 Å². The average Bonchev–Trinajstić information content (AvgIpc) is 2.71. The fourth-order valence-corrected chi connectivity index (χ4v) is 2.94. The van der Waals surface area contributed by atoms with Gasteiger partial charge in [0.15, 0.2) is 6.29 Å². The van der Waals surface area contributed by atoms with Crippen molar-refractivity contribution in [3.63, 3.8) is 0 Å². The van der Waals surface area contributed by atoms with Crippen molar-refractivity contribution in [3.8, 4) is 0 Å². The minimum Gasteiger partial charge on any atom is -0.433 e. The van der Waals surface area contributed by atoms with Crippen molar-refractivity contribution in [1.82, 2.24) is 0 Å². The van der Waals surface area contributed by atoms with Crippen LogP contribution < -0.4 is 0 Å². The van der Waals surface area contributed by atoms with Crippen LogP contribution in [0.4, 0.5) is 0 Å². The molecule has 0 aromatic carbocycles. The molecule has 2 aliphatic heterocycles. The zero-order valence-corrected chi connectivity index (χ0v) is 16.1. The molecule has 0 radical (unpaired) electrons. The molecule has 2 saturated heterocycles. The Morgan fingerprint density at radius 3 is 1.93 bits per heavy atom. The number of hydrogen-bond acceptors (Lipinski definition) is 12. The highest BCUT2D eigenvalue weighted by atomic mass is 16.7. The Morgan fingerprint density at radius 1 is 0.862 bits per heavy atom. The molecule has 0 aliphatic carbocycles. The Bertz CT molecular complexity index is 531. The van der Waals surface area contributed by atoms with Crippen LogP contribution in [0.15, 0.2) is 0 Å². The van der Waals surface area contributed by atoms with Gasteiger partial charge in [-0.15, -0.1) is 0 Å². The standard InChI is InChI=1S/C17H30O12/c1-3-6(2)15(25)29-17-14(24)12(22)10(20)8(28-17)5-26-16-13(23)11(21)9(19)7(4-18)27-16/h6-14,16-24H,3-5H2,1-2H3/t6-,7-,8-,9-,10-,11+,12+,13-,14-,16-,17+/m1/s1. The average molecular weight is 426 g/mol. The summed E-state index contributed by atoms with van der Waals surface area (Å²) in [5.74, 6) is -1.13. The molecule has 2 rings (SSSR count). The summed E-state index contributed by atoms with van der Waals surface area (Å²) in [5.41, 5.74) is 0. The number of ether oxygens (including phenoxy) is 4. The van der Waals surface area contributed by atoms with E-state index in [2.05, 4.69) is 0 Å². The lowest BCUT2D eigenvalue weighted by molar-refractivity contribution is -0.327. The van der Waals surface area contributed by atoms with E-state index in [0.717, 1.165) is 0 Å². The predicted molar refractivity (Wildman–Crippen MR) is 91.9 cm³/mol. The molecule has 12 heteroatoms. The SMILES string of the molecule is CC[C@@H](C)C(=O)O[C@@H]1O[C@H](CO[C@@H]2O[C@H](CO)[C@@H](O)[C@H](O)[C@H]2O)[C@@H](O)[C@H](O)[C@H]1O. The van der Waals surface area contributed by atoms with E-state index in [-0.39, 0.29) is 0 Å². The summed E-state index contributed by atoms with van der Waals surface area (Å²) in [6, 6.07) is 0. The lowest BCUT2D eigenvalue weighted by Gasteiger charge is -2.42. The molecule has 0 saturated carbocycles. The van der Waals surface area contributed by atoms with E-state index < -0.39 is 86.5 Å². The van der Waals surface area contributed by atoms with Crippen LogP contribution >= 0.6 is 0 Å². The zero-order chi connectivity index (χ0) is 21.9. The van der Waals surface area contributed by atoms with Crippen LogP contribution in [0.3, 0.4) is 0 Å². The lowest BCUT2D eigenvalue weighted by Crippen LogP contribution is -2.62. The van der Waals surface area contributed by atoms with Crippen LogP contribution in [0, 0.1) is 5.92 Å². The summed E-state index contributed by atoms with van der Waals surface area (Å²) in [7, 11) is 0. The normalized spacial score (nSPS) is 44.3. The second-order valence-corrected chi connectivity index (χ2v) is 7.29. The molecule has 0 amide bonds. The van der Waals surface area contributed by atoms with Crippen molar-refractivity contribution in [1.29, 1.82) is 0 Å². The predicted octanol–water partition coefficient (Wildman–Crippen LogP) is -3.80. The van der Waals surface area contributed by atoms with Crippen LogP contribution in [0.2, 0.25) is 0 Å². The molecule has 0 aromatic heterocycles. The van der Waals surface area contributed by atoms with Gasteiger partial charge in [-0.1, -0.05) is 13.8 Å². The molecule has 2 aliphatic rings. The molecule has 2 fully saturated rings. The number of aliphatic hydroxyl groups is 7. The quantitative estimate of drug-likeness (QED) is 0.196. The number of carbonyl (C=O) groups is 1. The first-order chi connectivity index (χ1) is 13.6. The summed E-state index contributed by atoms with van der Waals surface area (Å²) >= 11 is 0. The summed E-state index contributed by atoms with van der Waals surface area (Å²) in [4.78, 5) is 12.0. The Hall–Kier alpha value is -0.930. The third-order valence-electron chi connectivity index (χ3n) is 5.19. The van der Waals surface area contributed by atoms with E-state index in [1.807, 2.05) is 0 Å². The maximum Gasteiger partial charge on any atom is 0.311 e. The number of hydrogen-bond donors (Lipinski definition) is 7.